The van der Waals surface area contributed by atoms with E-state index in [0.717, 1.165) is 4.90 Å². The van der Waals surface area contributed by atoms with Crippen LogP contribution in [0, 0.1) is 0 Å². The third kappa shape index (κ3) is 3.65. The lowest BCUT2D eigenvalue weighted by Crippen LogP contribution is -2.50. The van der Waals surface area contributed by atoms with Gasteiger partial charge in [-0.1, -0.05) is 11.6 Å². The van der Waals surface area contributed by atoms with Crippen LogP contribution < -0.4 is 5.32 Å². The average Bonchev–Trinajstić information content (AvgIpc) is 2.38. The van der Waals surface area contributed by atoms with Crippen LogP contribution in [-0.2, 0) is 9.59 Å². The van der Waals surface area contributed by atoms with Crippen LogP contribution in [-0.4, -0.2) is 42.1 Å². The number of nitrogens with zero attached hydrogens (tertiary/aromatic N) is 1. The summed E-state index contributed by atoms with van der Waals surface area (Å²) < 4.78 is 0. The Balaban J connectivity index is 1.84. The van der Waals surface area contributed by atoms with Crippen LogP contribution >= 0.6 is 23.4 Å². The maximum atomic E-state index is 11.9. The molecule has 0 atom stereocenters. The number of carbonyl (C=O) groups is 2. The second kappa shape index (κ2) is 6.11. The first-order chi connectivity index (χ1) is 8.65. The van der Waals surface area contributed by atoms with Crippen molar-refractivity contribution in [1.29, 1.82) is 0 Å². The molecule has 0 spiro atoms. The number of halogens is 1. The summed E-state index contributed by atoms with van der Waals surface area (Å²) >= 11 is 7.23. The number of piperazine rings is 1. The zero-order valence-electron chi connectivity index (χ0n) is 9.69. The van der Waals surface area contributed by atoms with Crippen molar-refractivity contribution in [2.24, 2.45) is 0 Å². The molecule has 1 heterocycles. The van der Waals surface area contributed by atoms with Gasteiger partial charge in [0.05, 0.1) is 12.3 Å². The van der Waals surface area contributed by atoms with Crippen molar-refractivity contribution < 1.29 is 9.59 Å². The number of benzene rings is 1. The van der Waals surface area contributed by atoms with Gasteiger partial charge in [0.25, 0.3) is 0 Å². The molecule has 0 bridgehead atoms. The summed E-state index contributed by atoms with van der Waals surface area (Å²) in [5.41, 5.74) is 0. The summed E-state index contributed by atoms with van der Waals surface area (Å²) in [7, 11) is 0. The molecule has 2 amide bonds. The lowest BCUT2D eigenvalue weighted by Gasteiger charge is -2.26. The summed E-state index contributed by atoms with van der Waals surface area (Å²) in [5, 5.41) is 3.37. The highest BCUT2D eigenvalue weighted by molar-refractivity contribution is 8.00. The van der Waals surface area contributed by atoms with Crippen molar-refractivity contribution in [1.82, 2.24) is 10.2 Å². The summed E-state index contributed by atoms with van der Waals surface area (Å²) in [6, 6.07) is 7.35. The summed E-state index contributed by atoms with van der Waals surface area (Å²) in [6.45, 7) is 1.29. The molecule has 2 rings (SSSR count). The predicted octanol–water partition coefficient (Wildman–Crippen LogP) is 1.39. The van der Waals surface area contributed by atoms with Crippen LogP contribution in [0.1, 0.15) is 0 Å². The van der Waals surface area contributed by atoms with E-state index in [1.807, 2.05) is 12.1 Å². The molecule has 18 heavy (non-hydrogen) atoms. The Morgan fingerprint density at radius 3 is 2.78 bits per heavy atom. The van der Waals surface area contributed by atoms with Crippen LogP contribution in [0.3, 0.4) is 0 Å². The van der Waals surface area contributed by atoms with Gasteiger partial charge < -0.3 is 10.2 Å². The molecular formula is C12H13ClN2O2S. The molecule has 0 radical (unpaired) electrons. The third-order valence-corrected chi connectivity index (χ3v) is 3.82. The van der Waals surface area contributed by atoms with Gasteiger partial charge >= 0.3 is 0 Å². The fraction of sp³-hybridized carbons (Fsp3) is 0.333. The van der Waals surface area contributed by atoms with Gasteiger partial charge in [0, 0.05) is 23.0 Å². The number of hydrogen-bond donors (Lipinski definition) is 1. The molecule has 1 aromatic rings. The van der Waals surface area contributed by atoms with Crippen molar-refractivity contribution >= 4 is 35.2 Å². The first-order valence-electron chi connectivity index (χ1n) is 5.58. The molecular weight excluding hydrogens is 272 g/mol. The molecule has 96 valence electrons. The Labute approximate surface area is 115 Å². The van der Waals surface area contributed by atoms with Crippen LogP contribution in [0.25, 0.3) is 0 Å². The Bertz CT molecular complexity index is 450. The largest absolute Gasteiger partial charge is 0.353 e. The molecule has 0 aromatic heterocycles. The SMILES string of the molecule is O=C1CN(C(=O)CSc2ccc(Cl)cc2)CCN1. The van der Waals surface area contributed by atoms with Gasteiger partial charge in [-0.3, -0.25) is 9.59 Å². The van der Waals surface area contributed by atoms with E-state index in [-0.39, 0.29) is 18.4 Å². The van der Waals surface area contributed by atoms with Gasteiger partial charge in [-0.2, -0.15) is 0 Å². The number of amides is 2. The van der Waals surface area contributed by atoms with Crippen LogP contribution in [0.4, 0.5) is 0 Å². The normalized spacial score (nSPS) is 15.4. The van der Waals surface area contributed by atoms with Crippen molar-refractivity contribution in [2.45, 2.75) is 4.90 Å². The highest BCUT2D eigenvalue weighted by Crippen LogP contribution is 2.20. The van der Waals surface area contributed by atoms with E-state index in [4.69, 9.17) is 11.6 Å². The van der Waals surface area contributed by atoms with Crippen LogP contribution in [0.15, 0.2) is 29.2 Å². The highest BCUT2D eigenvalue weighted by Gasteiger charge is 2.20. The van der Waals surface area contributed by atoms with Crippen molar-refractivity contribution in [3.8, 4) is 0 Å². The van der Waals surface area contributed by atoms with E-state index in [2.05, 4.69) is 5.32 Å². The van der Waals surface area contributed by atoms with Crippen molar-refractivity contribution in [2.75, 3.05) is 25.4 Å². The monoisotopic (exact) mass is 284 g/mol. The van der Waals surface area contributed by atoms with Crippen LogP contribution in [0.5, 0.6) is 0 Å². The predicted molar refractivity (Wildman–Crippen MR) is 71.8 cm³/mol. The molecule has 0 saturated carbocycles. The minimum atomic E-state index is -0.0916. The van der Waals surface area contributed by atoms with Gasteiger partial charge in [-0.25, -0.2) is 0 Å². The number of carbonyl (C=O) groups excluding carboxylic acids is 2. The summed E-state index contributed by atoms with van der Waals surface area (Å²) in [4.78, 5) is 25.6. The lowest BCUT2D eigenvalue weighted by molar-refractivity contribution is -0.136. The van der Waals surface area contributed by atoms with Crippen molar-refractivity contribution in [3.63, 3.8) is 0 Å². The summed E-state index contributed by atoms with van der Waals surface area (Å²) in [5.74, 6) is 0.241. The maximum Gasteiger partial charge on any atom is 0.239 e. The molecule has 0 unspecified atom stereocenters. The van der Waals surface area contributed by atoms with Crippen molar-refractivity contribution in [3.05, 3.63) is 29.3 Å². The smallest absolute Gasteiger partial charge is 0.239 e. The standard InChI is InChI=1S/C12H13ClN2O2S/c13-9-1-3-10(4-2-9)18-8-12(17)15-6-5-14-11(16)7-15/h1-4H,5-8H2,(H,14,16). The topological polar surface area (TPSA) is 49.4 Å². The van der Waals surface area contributed by atoms with Gasteiger partial charge in [0.1, 0.15) is 0 Å². The van der Waals surface area contributed by atoms with E-state index in [1.165, 1.54) is 11.8 Å². The Morgan fingerprint density at radius 2 is 2.11 bits per heavy atom. The Morgan fingerprint density at radius 1 is 1.39 bits per heavy atom. The molecule has 1 aliphatic heterocycles. The zero-order chi connectivity index (χ0) is 13.0. The Kier molecular flexibility index (Phi) is 4.49. The quantitative estimate of drug-likeness (QED) is 0.854. The Hall–Kier alpha value is -1.20. The molecule has 1 aromatic carbocycles. The fourth-order valence-corrected chi connectivity index (χ4v) is 2.55. The number of thioether (sulfide) groups is 1. The fourth-order valence-electron chi connectivity index (χ4n) is 1.62. The first-order valence-corrected chi connectivity index (χ1v) is 6.94. The van der Waals surface area contributed by atoms with E-state index >= 15 is 0 Å². The minimum Gasteiger partial charge on any atom is -0.353 e. The van der Waals surface area contributed by atoms with Gasteiger partial charge in [0.2, 0.25) is 11.8 Å². The molecule has 1 aliphatic rings. The molecule has 6 heteroatoms. The zero-order valence-corrected chi connectivity index (χ0v) is 11.3. The summed E-state index contributed by atoms with van der Waals surface area (Å²) in [6.07, 6.45) is 0. The van der Waals surface area contributed by atoms with Gasteiger partial charge in [-0.05, 0) is 24.3 Å². The van der Waals surface area contributed by atoms with Gasteiger partial charge in [-0.15, -0.1) is 11.8 Å². The molecule has 1 fully saturated rings. The molecule has 1 saturated heterocycles. The van der Waals surface area contributed by atoms with E-state index in [1.54, 1.807) is 17.0 Å². The second-order valence-electron chi connectivity index (χ2n) is 3.91. The van der Waals surface area contributed by atoms with E-state index in [0.29, 0.717) is 23.9 Å². The maximum absolute atomic E-state index is 11.9. The number of nitrogens with one attached hydrogen (secondary N) is 1. The highest BCUT2D eigenvalue weighted by atomic mass is 35.5. The number of hydrogen-bond acceptors (Lipinski definition) is 3. The number of rotatable bonds is 3. The van der Waals surface area contributed by atoms with E-state index in [9.17, 15) is 9.59 Å². The average molecular weight is 285 g/mol. The molecule has 1 N–H and O–H groups in total. The van der Waals surface area contributed by atoms with Gasteiger partial charge in [0.15, 0.2) is 0 Å². The minimum absolute atomic E-state index is 0.00944. The molecule has 4 nitrogen and oxygen atoms in total. The third-order valence-electron chi connectivity index (χ3n) is 2.57. The lowest BCUT2D eigenvalue weighted by atomic mass is 10.3. The van der Waals surface area contributed by atoms with E-state index < -0.39 is 0 Å². The van der Waals surface area contributed by atoms with Crippen LogP contribution in [0.2, 0.25) is 5.02 Å². The molecule has 0 aliphatic carbocycles. The first kappa shape index (κ1) is 13.2. The second-order valence-corrected chi connectivity index (χ2v) is 5.39.